The lowest BCUT2D eigenvalue weighted by Gasteiger charge is -2.05. The summed E-state index contributed by atoms with van der Waals surface area (Å²) in [5.74, 6) is 1.41. The minimum Gasteiger partial charge on any atom is -0.461 e. The molecule has 0 aliphatic rings. The van der Waals surface area contributed by atoms with Gasteiger partial charge in [-0.15, -0.1) is 0 Å². The summed E-state index contributed by atoms with van der Waals surface area (Å²) in [6.45, 7) is 3.75. The van der Waals surface area contributed by atoms with Crippen molar-refractivity contribution in [1.82, 2.24) is 0 Å². The maximum absolute atomic E-state index is 8.75. The molecule has 0 bridgehead atoms. The Balaban J connectivity index is 2.95. The van der Waals surface area contributed by atoms with E-state index < -0.39 is 0 Å². The van der Waals surface area contributed by atoms with Crippen molar-refractivity contribution in [2.24, 2.45) is 0 Å². The molecule has 1 aromatic rings. The van der Waals surface area contributed by atoms with Gasteiger partial charge in [0.25, 0.3) is 0 Å². The first kappa shape index (κ1) is 9.34. The number of hydrogen-bond acceptors (Lipinski definition) is 2. The van der Waals surface area contributed by atoms with Crippen molar-refractivity contribution in [1.29, 1.82) is 5.26 Å². The summed E-state index contributed by atoms with van der Waals surface area (Å²) in [5.41, 5.74) is 0.559. The number of nitriles is 1. The van der Waals surface area contributed by atoms with E-state index in [0.29, 0.717) is 11.3 Å². The molecule has 0 radical (unpaired) electrons. The predicted molar refractivity (Wildman–Crippen MR) is 51.2 cm³/mol. The third-order valence-corrected chi connectivity index (χ3v) is 1.68. The lowest BCUT2D eigenvalue weighted by molar-refractivity contribution is 0.425. The van der Waals surface area contributed by atoms with E-state index in [-0.39, 0.29) is 0 Å². The second kappa shape index (κ2) is 4.32. The zero-order valence-electron chi connectivity index (χ0n) is 7.74. The maximum atomic E-state index is 8.75. The number of nitrogens with zero attached hydrogens (tertiary/aromatic N) is 1. The molecule has 0 saturated heterocycles. The molecule has 13 heavy (non-hydrogen) atoms. The molecule has 0 amide bonds. The smallest absolute Gasteiger partial charge is 0.144 e. The molecule has 0 N–H and O–H groups in total. The first-order chi connectivity index (χ1) is 6.27. The molecule has 0 atom stereocenters. The van der Waals surface area contributed by atoms with E-state index >= 15 is 0 Å². The zero-order chi connectivity index (χ0) is 9.68. The largest absolute Gasteiger partial charge is 0.461 e. The highest BCUT2D eigenvalue weighted by atomic mass is 16.5. The van der Waals surface area contributed by atoms with Crippen LogP contribution in [0.1, 0.15) is 19.4 Å². The summed E-state index contributed by atoms with van der Waals surface area (Å²) in [5, 5.41) is 8.75. The molecule has 0 spiro atoms. The fourth-order valence-corrected chi connectivity index (χ4v) is 0.880. The number of rotatable bonds is 2. The highest BCUT2D eigenvalue weighted by Crippen LogP contribution is 2.18. The first-order valence-corrected chi connectivity index (χ1v) is 4.08. The van der Waals surface area contributed by atoms with Gasteiger partial charge in [-0.1, -0.05) is 12.1 Å². The topological polar surface area (TPSA) is 33.0 Å². The molecule has 66 valence electrons. The standard InChI is InChI=1S/C11H11NO/c1-3-9(2)13-11-7-5-4-6-10(11)8-12/h3-7H,1-2H3/b9-3+. The Bertz CT molecular complexity index is 361. The fourth-order valence-electron chi connectivity index (χ4n) is 0.880. The van der Waals surface area contributed by atoms with Crippen molar-refractivity contribution < 1.29 is 4.74 Å². The van der Waals surface area contributed by atoms with Crippen LogP contribution in [-0.2, 0) is 0 Å². The van der Waals surface area contributed by atoms with Gasteiger partial charge in [-0.2, -0.15) is 5.26 Å². The van der Waals surface area contributed by atoms with Crippen LogP contribution in [0.4, 0.5) is 0 Å². The van der Waals surface area contributed by atoms with E-state index in [1.54, 1.807) is 12.1 Å². The normalized spacial score (nSPS) is 10.7. The molecule has 2 heteroatoms. The predicted octanol–water partition coefficient (Wildman–Crippen LogP) is 2.86. The van der Waals surface area contributed by atoms with Gasteiger partial charge < -0.3 is 4.74 Å². The second-order valence-corrected chi connectivity index (χ2v) is 2.61. The molecule has 0 aromatic heterocycles. The number of allylic oxidation sites excluding steroid dienone is 2. The summed E-state index contributed by atoms with van der Waals surface area (Å²) in [4.78, 5) is 0. The number of para-hydroxylation sites is 1. The molecule has 1 aromatic carbocycles. The Labute approximate surface area is 78.1 Å². The van der Waals surface area contributed by atoms with E-state index in [1.165, 1.54) is 0 Å². The molecular formula is C11H11NO. The molecule has 0 unspecified atom stereocenters. The minimum atomic E-state index is 0.559. The average molecular weight is 173 g/mol. The summed E-state index contributed by atoms with van der Waals surface area (Å²) in [6, 6.07) is 9.25. The fraction of sp³-hybridized carbons (Fsp3) is 0.182. The molecule has 0 fully saturated rings. The Kier molecular flexibility index (Phi) is 3.10. The molecule has 0 aliphatic carbocycles. The third kappa shape index (κ3) is 2.34. The van der Waals surface area contributed by atoms with Crippen LogP contribution in [0, 0.1) is 11.3 Å². The zero-order valence-corrected chi connectivity index (χ0v) is 7.74. The SMILES string of the molecule is C/C=C(\C)Oc1ccccc1C#N. The van der Waals surface area contributed by atoms with Gasteiger partial charge in [0.2, 0.25) is 0 Å². The quantitative estimate of drug-likeness (QED) is 0.644. The lowest BCUT2D eigenvalue weighted by Crippen LogP contribution is -1.92. The highest BCUT2D eigenvalue weighted by Gasteiger charge is 2.01. The molecule has 2 nitrogen and oxygen atoms in total. The van der Waals surface area contributed by atoms with Gasteiger partial charge in [-0.25, -0.2) is 0 Å². The van der Waals surface area contributed by atoms with Crippen molar-refractivity contribution in [3.8, 4) is 11.8 Å². The van der Waals surface area contributed by atoms with Gasteiger partial charge in [-0.3, -0.25) is 0 Å². The van der Waals surface area contributed by atoms with Gasteiger partial charge in [0.15, 0.2) is 0 Å². The Hall–Kier alpha value is -1.75. The van der Waals surface area contributed by atoms with Crippen molar-refractivity contribution in [3.05, 3.63) is 41.7 Å². The summed E-state index contributed by atoms with van der Waals surface area (Å²) < 4.78 is 5.42. The summed E-state index contributed by atoms with van der Waals surface area (Å²) in [6.07, 6.45) is 1.86. The van der Waals surface area contributed by atoms with Crippen LogP contribution in [0.2, 0.25) is 0 Å². The van der Waals surface area contributed by atoms with Gasteiger partial charge in [-0.05, 0) is 32.1 Å². The van der Waals surface area contributed by atoms with Gasteiger partial charge in [0.1, 0.15) is 11.8 Å². The third-order valence-electron chi connectivity index (χ3n) is 1.68. The Morgan fingerprint density at radius 2 is 2.15 bits per heavy atom. The van der Waals surface area contributed by atoms with Crippen LogP contribution in [-0.4, -0.2) is 0 Å². The monoisotopic (exact) mass is 173 g/mol. The molecule has 0 saturated carbocycles. The van der Waals surface area contributed by atoms with Crippen molar-refractivity contribution in [3.63, 3.8) is 0 Å². The van der Waals surface area contributed by atoms with Crippen LogP contribution in [0.3, 0.4) is 0 Å². The Morgan fingerprint density at radius 1 is 1.46 bits per heavy atom. The van der Waals surface area contributed by atoms with Gasteiger partial charge in [0.05, 0.1) is 11.3 Å². The molecule has 0 aliphatic heterocycles. The summed E-state index contributed by atoms with van der Waals surface area (Å²) >= 11 is 0. The molecular weight excluding hydrogens is 162 g/mol. The summed E-state index contributed by atoms with van der Waals surface area (Å²) in [7, 11) is 0. The maximum Gasteiger partial charge on any atom is 0.144 e. The first-order valence-electron chi connectivity index (χ1n) is 4.08. The second-order valence-electron chi connectivity index (χ2n) is 2.61. The number of ether oxygens (including phenoxy) is 1. The Morgan fingerprint density at radius 3 is 2.77 bits per heavy atom. The van der Waals surface area contributed by atoms with Crippen LogP contribution in [0.15, 0.2) is 36.1 Å². The lowest BCUT2D eigenvalue weighted by atomic mass is 10.2. The van der Waals surface area contributed by atoms with Crippen molar-refractivity contribution >= 4 is 0 Å². The van der Waals surface area contributed by atoms with Crippen LogP contribution in [0.25, 0.3) is 0 Å². The number of benzene rings is 1. The van der Waals surface area contributed by atoms with Gasteiger partial charge in [0, 0.05) is 0 Å². The van der Waals surface area contributed by atoms with Crippen LogP contribution >= 0.6 is 0 Å². The van der Waals surface area contributed by atoms with Gasteiger partial charge >= 0.3 is 0 Å². The van der Waals surface area contributed by atoms with E-state index in [0.717, 1.165) is 5.76 Å². The minimum absolute atomic E-state index is 0.559. The van der Waals surface area contributed by atoms with Crippen LogP contribution in [0.5, 0.6) is 5.75 Å². The van der Waals surface area contributed by atoms with Crippen molar-refractivity contribution in [2.45, 2.75) is 13.8 Å². The van der Waals surface area contributed by atoms with E-state index in [9.17, 15) is 0 Å². The van der Waals surface area contributed by atoms with E-state index in [2.05, 4.69) is 6.07 Å². The molecule has 0 heterocycles. The van der Waals surface area contributed by atoms with Crippen LogP contribution < -0.4 is 4.74 Å². The molecule has 1 rings (SSSR count). The van der Waals surface area contributed by atoms with E-state index in [1.807, 2.05) is 32.1 Å². The highest BCUT2D eigenvalue weighted by molar-refractivity contribution is 5.43. The average Bonchev–Trinajstić information content (AvgIpc) is 2.18. The van der Waals surface area contributed by atoms with Crippen molar-refractivity contribution in [2.75, 3.05) is 0 Å². The van der Waals surface area contributed by atoms with E-state index in [4.69, 9.17) is 10.00 Å². The number of hydrogen-bond donors (Lipinski definition) is 0.